The van der Waals surface area contributed by atoms with E-state index in [1.165, 1.54) is 31.2 Å². The van der Waals surface area contributed by atoms with Gasteiger partial charge in [-0.05, 0) is 58.2 Å². The van der Waals surface area contributed by atoms with Crippen LogP contribution in [0.15, 0.2) is 54.6 Å². The molecule has 3 heterocycles. The summed E-state index contributed by atoms with van der Waals surface area (Å²) < 4.78 is 78.8. The summed E-state index contributed by atoms with van der Waals surface area (Å²) >= 11 is 17.6. The van der Waals surface area contributed by atoms with Crippen molar-refractivity contribution in [3.63, 3.8) is 0 Å². The number of nitro benzene ring substituents is 1. The molecule has 0 bridgehead atoms. The van der Waals surface area contributed by atoms with Crippen molar-refractivity contribution in [3.05, 3.63) is 75.8 Å². The number of benzene rings is 2. The Bertz CT molecular complexity index is 1990. The van der Waals surface area contributed by atoms with Gasteiger partial charge in [-0.3, -0.25) is 24.5 Å². The third-order valence-corrected chi connectivity index (χ3v) is 12.0. The second kappa shape index (κ2) is 21.9. The summed E-state index contributed by atoms with van der Waals surface area (Å²) in [5.41, 5.74) is 0.642. The Balaban J connectivity index is 1.35. The molecule has 3 aliphatic rings. The number of aryl methyl sites for hydroxylation is 1. The number of hydrogen-bond acceptors (Lipinski definition) is 17. The van der Waals surface area contributed by atoms with E-state index >= 15 is 0 Å². The Morgan fingerprint density at radius 3 is 2.02 bits per heavy atom. The van der Waals surface area contributed by atoms with Gasteiger partial charge in [0.2, 0.25) is 12.2 Å². The van der Waals surface area contributed by atoms with Gasteiger partial charge in [0.1, 0.15) is 24.1 Å². The monoisotopic (exact) mass is 950 g/mol. The fraction of sp³-hybridized carbons (Fsp3) is 0.600. The van der Waals surface area contributed by atoms with E-state index in [9.17, 15) is 32.9 Å². The van der Waals surface area contributed by atoms with Crippen LogP contribution >= 0.6 is 34.8 Å². The number of rotatable bonds is 17. The lowest BCUT2D eigenvalue weighted by Crippen LogP contribution is -2.56. The minimum atomic E-state index is -4.29. The van der Waals surface area contributed by atoms with Crippen LogP contribution in [0.2, 0.25) is 0 Å². The molecule has 2 aromatic rings. The second-order valence-electron chi connectivity index (χ2n) is 15.1. The number of non-ortho nitro benzene ring substituents is 1. The van der Waals surface area contributed by atoms with Gasteiger partial charge in [0.05, 0.1) is 47.1 Å². The molecule has 0 saturated carbocycles. The van der Waals surface area contributed by atoms with E-state index in [1.807, 2.05) is 0 Å². The maximum absolute atomic E-state index is 13.5. The molecule has 11 atom stereocenters. The van der Waals surface area contributed by atoms with Crippen LogP contribution < -0.4 is 0 Å². The summed E-state index contributed by atoms with van der Waals surface area (Å²) in [6.45, 7) is 6.24. The Morgan fingerprint density at radius 1 is 0.790 bits per heavy atom. The van der Waals surface area contributed by atoms with Gasteiger partial charge in [0.15, 0.2) is 18.7 Å². The van der Waals surface area contributed by atoms with Gasteiger partial charge in [-0.25, -0.2) is 4.79 Å². The lowest BCUT2D eigenvalue weighted by Gasteiger charge is -2.45. The van der Waals surface area contributed by atoms with E-state index in [1.54, 1.807) is 51.1 Å². The van der Waals surface area contributed by atoms with Crippen molar-refractivity contribution in [2.45, 2.75) is 144 Å². The Hall–Kier alpha value is -3.50. The average Bonchev–Trinajstić information content (AvgIpc) is 3.20. The molecular formula is C40H49Cl3N2O16S. The van der Waals surface area contributed by atoms with Gasteiger partial charge in [0.25, 0.3) is 19.6 Å². The first kappa shape index (κ1) is 49.5. The van der Waals surface area contributed by atoms with Gasteiger partial charge < -0.3 is 42.7 Å². The lowest BCUT2D eigenvalue weighted by atomic mass is 9.99. The number of nitro groups is 1. The van der Waals surface area contributed by atoms with Crippen molar-refractivity contribution in [3.8, 4) is 0 Å². The number of carbonyl (C=O) groups excluding carboxylic acids is 3. The number of nitrogens with one attached hydrogen (secondary N) is 1. The third kappa shape index (κ3) is 14.5. The van der Waals surface area contributed by atoms with Crippen LogP contribution in [0.4, 0.5) is 5.69 Å². The molecule has 0 spiro atoms. The smallest absolute Gasteiger partial charge is 0.338 e. The molecule has 2 aromatic carbocycles. The Kier molecular flexibility index (Phi) is 17.5. The molecule has 0 aromatic heterocycles. The number of hydrogen-bond donors (Lipinski definition) is 1. The molecule has 3 fully saturated rings. The van der Waals surface area contributed by atoms with Gasteiger partial charge in [0, 0.05) is 37.8 Å². The van der Waals surface area contributed by atoms with E-state index in [-0.39, 0.29) is 55.6 Å². The van der Waals surface area contributed by atoms with Gasteiger partial charge in [-0.1, -0.05) is 65.1 Å². The predicted molar refractivity (Wildman–Crippen MR) is 221 cm³/mol. The highest BCUT2D eigenvalue weighted by molar-refractivity contribution is 7.86. The van der Waals surface area contributed by atoms with E-state index in [4.69, 9.17) is 82.3 Å². The topological polar surface area (TPSA) is 235 Å². The van der Waals surface area contributed by atoms with Crippen LogP contribution in [0.1, 0.15) is 82.1 Å². The van der Waals surface area contributed by atoms with Gasteiger partial charge in [-0.2, -0.15) is 8.42 Å². The zero-order valence-electron chi connectivity index (χ0n) is 34.2. The summed E-state index contributed by atoms with van der Waals surface area (Å²) in [5, 5.41) is 19.2. The predicted octanol–water partition coefficient (Wildman–Crippen LogP) is 6.29. The standard InChI is InChI=1S/C40H49Cl3N2O16S/c1-22(46)10-16-32(47)56-29-15-17-33(53-23(29)2)57-31-21-34(55-25(4)37(31)61-62(51,52)19-18-26-11-13-28(14-12-26)45(49)50)58-30-20-35(59-39(44)40(41,42)43)54-24(3)36(30)60-38(48)27-8-6-5-7-9-27/h5-9,11-14,23-25,29-31,33-37,44H,10,15-21H2,1-4H3/t23-,24+,25+,29-,30+,31+,33-,34-,35-,36+,37+/m0/s1. The molecule has 0 amide bonds. The number of esters is 2. The quantitative estimate of drug-likeness (QED) is 0.0349. The molecule has 0 unspecified atom stereocenters. The molecular weight excluding hydrogens is 903 g/mol. The lowest BCUT2D eigenvalue weighted by molar-refractivity contribution is -0.384. The van der Waals surface area contributed by atoms with Crippen LogP contribution in [0.25, 0.3) is 0 Å². The maximum Gasteiger partial charge on any atom is 0.338 e. The van der Waals surface area contributed by atoms with Crippen LogP contribution in [0, 0.1) is 15.5 Å². The average molecular weight is 952 g/mol. The summed E-state index contributed by atoms with van der Waals surface area (Å²) in [6, 6.07) is 13.7. The summed E-state index contributed by atoms with van der Waals surface area (Å²) in [7, 11) is -4.29. The zero-order valence-corrected chi connectivity index (χ0v) is 37.3. The fourth-order valence-corrected chi connectivity index (χ4v) is 8.36. The maximum atomic E-state index is 13.5. The molecule has 3 aliphatic heterocycles. The highest BCUT2D eigenvalue weighted by Crippen LogP contribution is 2.36. The van der Waals surface area contributed by atoms with E-state index in [2.05, 4.69) is 0 Å². The number of ether oxygens (including phenoxy) is 8. The molecule has 5 rings (SSSR count). The number of ketones is 1. The Labute approximate surface area is 373 Å². The zero-order chi connectivity index (χ0) is 45.4. The van der Waals surface area contributed by atoms with Crippen molar-refractivity contribution in [2.24, 2.45) is 0 Å². The number of Topliss-reactive ketones (excluding diaryl/α,β-unsaturated/α-hetero) is 1. The van der Waals surface area contributed by atoms with Crippen molar-refractivity contribution < 1.29 is 69.8 Å². The highest BCUT2D eigenvalue weighted by Gasteiger charge is 2.48. The minimum Gasteiger partial charge on any atom is -0.460 e. The molecule has 18 nitrogen and oxygen atoms in total. The molecule has 342 valence electrons. The van der Waals surface area contributed by atoms with E-state index < -0.39 is 110 Å². The van der Waals surface area contributed by atoms with E-state index in [0.717, 1.165) is 0 Å². The number of alkyl halides is 3. The SMILES string of the molecule is CC(=O)CCC(=O)O[C@H]1CC[C@H](O[C@@H]2C[C@H](O[C@@H]3C[C@H](OC(=N)C(Cl)(Cl)Cl)O[C@H](C)[C@H]3OC(=O)c3ccccc3)O[C@H](C)[C@H]2OS(=O)(=O)CCc2ccc([N+](=O)[O-])cc2)O[C@H]1C. The molecule has 0 radical (unpaired) electrons. The first-order chi connectivity index (χ1) is 29.2. The van der Waals surface area contributed by atoms with Gasteiger partial charge >= 0.3 is 11.9 Å². The van der Waals surface area contributed by atoms with Crippen molar-refractivity contribution >= 4 is 74.2 Å². The normalized spacial score (nSPS) is 29.2. The summed E-state index contributed by atoms with van der Waals surface area (Å²) in [5.74, 6) is -2.57. The first-order valence-electron chi connectivity index (χ1n) is 19.9. The molecule has 22 heteroatoms. The fourth-order valence-electron chi connectivity index (χ4n) is 7.03. The van der Waals surface area contributed by atoms with Crippen LogP contribution in [0.5, 0.6) is 0 Å². The van der Waals surface area contributed by atoms with Crippen LogP contribution in [0.3, 0.4) is 0 Å². The number of carbonyl (C=O) groups is 3. The minimum absolute atomic E-state index is 0.0146. The van der Waals surface area contributed by atoms with Gasteiger partial charge in [-0.15, -0.1) is 0 Å². The molecule has 62 heavy (non-hydrogen) atoms. The number of nitrogens with zero attached hydrogens (tertiary/aromatic N) is 1. The highest BCUT2D eigenvalue weighted by atomic mass is 35.6. The van der Waals surface area contributed by atoms with Crippen molar-refractivity contribution in [1.29, 1.82) is 5.41 Å². The van der Waals surface area contributed by atoms with Crippen LogP contribution in [-0.4, -0.2) is 114 Å². The summed E-state index contributed by atoms with van der Waals surface area (Å²) in [4.78, 5) is 47.6. The van der Waals surface area contributed by atoms with E-state index in [0.29, 0.717) is 12.0 Å². The third-order valence-electron chi connectivity index (χ3n) is 10.2. The first-order valence-corrected chi connectivity index (χ1v) is 22.6. The van der Waals surface area contributed by atoms with Crippen molar-refractivity contribution in [2.75, 3.05) is 5.75 Å². The van der Waals surface area contributed by atoms with Crippen molar-refractivity contribution in [1.82, 2.24) is 0 Å². The Morgan fingerprint density at radius 2 is 1.39 bits per heavy atom. The molecule has 3 saturated heterocycles. The summed E-state index contributed by atoms with van der Waals surface area (Å²) in [6.07, 6.45) is -10.6. The number of halogens is 3. The largest absolute Gasteiger partial charge is 0.460 e. The second-order valence-corrected chi connectivity index (χ2v) is 19.1. The van der Waals surface area contributed by atoms with Crippen LogP contribution in [-0.2, 0) is 68.2 Å². The molecule has 1 N–H and O–H groups in total. The molecule has 0 aliphatic carbocycles.